The number of hydrogen-bond donors (Lipinski definition) is 2. The number of amides is 2. The summed E-state index contributed by atoms with van der Waals surface area (Å²) in [5, 5.41) is 5.43. The second kappa shape index (κ2) is 9.98. The minimum Gasteiger partial charge on any atom is -0.478 e. The smallest absolute Gasteiger partial charge is 0.244 e. The Morgan fingerprint density at radius 3 is 2.73 bits per heavy atom. The average molecular weight is 353 g/mol. The van der Waals surface area contributed by atoms with Gasteiger partial charge in [0.15, 0.2) is 0 Å². The fourth-order valence-electron chi connectivity index (χ4n) is 2.19. The van der Waals surface area contributed by atoms with Crippen molar-refractivity contribution in [3.05, 3.63) is 65.9 Å². The molecule has 1 heterocycles. The number of carbonyl (C=O) groups is 2. The Bertz CT molecular complexity index is 760. The van der Waals surface area contributed by atoms with E-state index in [0.717, 1.165) is 11.1 Å². The number of pyridine rings is 1. The molecule has 1 unspecified atom stereocenters. The normalized spacial score (nSPS) is 11.8. The molecule has 2 rings (SSSR count). The second-order valence-corrected chi connectivity index (χ2v) is 5.63. The number of nitrogens with one attached hydrogen (secondary N) is 2. The molecule has 0 aliphatic carbocycles. The Hall–Kier alpha value is -3.15. The van der Waals surface area contributed by atoms with Crippen molar-refractivity contribution in [1.29, 1.82) is 0 Å². The summed E-state index contributed by atoms with van der Waals surface area (Å²) in [6, 6.07) is 12.4. The van der Waals surface area contributed by atoms with Crippen molar-refractivity contribution in [3.8, 4) is 5.88 Å². The molecule has 0 saturated carbocycles. The van der Waals surface area contributed by atoms with E-state index in [0.29, 0.717) is 19.0 Å². The Balaban J connectivity index is 1.80. The first-order valence-corrected chi connectivity index (χ1v) is 8.47. The molecule has 6 heteroatoms. The van der Waals surface area contributed by atoms with Crippen LogP contribution in [0, 0.1) is 0 Å². The van der Waals surface area contributed by atoms with E-state index < -0.39 is 6.04 Å². The number of ether oxygens (including phenoxy) is 1. The SMILES string of the molecule is CCOc1cc(CNC(=O)C(C)NC(=O)/C=C/c2ccccc2)ccn1. The van der Waals surface area contributed by atoms with Gasteiger partial charge in [0.05, 0.1) is 6.61 Å². The summed E-state index contributed by atoms with van der Waals surface area (Å²) in [4.78, 5) is 28.1. The quantitative estimate of drug-likeness (QED) is 0.714. The topological polar surface area (TPSA) is 80.3 Å². The van der Waals surface area contributed by atoms with Crippen LogP contribution >= 0.6 is 0 Å². The van der Waals surface area contributed by atoms with Gasteiger partial charge < -0.3 is 15.4 Å². The summed E-state index contributed by atoms with van der Waals surface area (Å²) >= 11 is 0. The van der Waals surface area contributed by atoms with Crippen LogP contribution in [0.4, 0.5) is 0 Å². The van der Waals surface area contributed by atoms with Crippen molar-refractivity contribution in [3.63, 3.8) is 0 Å². The maximum absolute atomic E-state index is 12.1. The van der Waals surface area contributed by atoms with E-state index in [1.54, 1.807) is 31.3 Å². The molecule has 0 aliphatic heterocycles. The Morgan fingerprint density at radius 1 is 1.23 bits per heavy atom. The summed E-state index contributed by atoms with van der Waals surface area (Å²) in [5.74, 6) is -0.0630. The van der Waals surface area contributed by atoms with Gasteiger partial charge in [-0.1, -0.05) is 30.3 Å². The number of benzene rings is 1. The van der Waals surface area contributed by atoms with Crippen LogP contribution in [0.15, 0.2) is 54.7 Å². The van der Waals surface area contributed by atoms with Gasteiger partial charge in [0.1, 0.15) is 6.04 Å². The van der Waals surface area contributed by atoms with Gasteiger partial charge in [-0.2, -0.15) is 0 Å². The highest BCUT2D eigenvalue weighted by atomic mass is 16.5. The Morgan fingerprint density at radius 2 is 2.00 bits per heavy atom. The molecule has 0 fully saturated rings. The molecule has 0 spiro atoms. The van der Waals surface area contributed by atoms with Crippen LogP contribution in [0.5, 0.6) is 5.88 Å². The van der Waals surface area contributed by atoms with Crippen molar-refractivity contribution >= 4 is 17.9 Å². The lowest BCUT2D eigenvalue weighted by molar-refractivity contribution is -0.126. The second-order valence-electron chi connectivity index (χ2n) is 5.63. The maximum atomic E-state index is 12.1. The van der Waals surface area contributed by atoms with Crippen LogP contribution in [-0.2, 0) is 16.1 Å². The average Bonchev–Trinajstić information content (AvgIpc) is 2.66. The minimum atomic E-state index is -0.642. The molecule has 0 saturated heterocycles. The fourth-order valence-corrected chi connectivity index (χ4v) is 2.19. The van der Waals surface area contributed by atoms with Crippen LogP contribution in [0.25, 0.3) is 6.08 Å². The molecule has 1 aromatic carbocycles. The maximum Gasteiger partial charge on any atom is 0.244 e. The zero-order valence-corrected chi connectivity index (χ0v) is 14.9. The predicted molar refractivity (Wildman–Crippen MR) is 100 cm³/mol. The summed E-state index contributed by atoms with van der Waals surface area (Å²) in [6.45, 7) is 4.39. The van der Waals surface area contributed by atoms with E-state index in [1.807, 2.05) is 37.3 Å². The highest BCUT2D eigenvalue weighted by Crippen LogP contribution is 2.09. The van der Waals surface area contributed by atoms with Crippen molar-refractivity contribution in [2.24, 2.45) is 0 Å². The van der Waals surface area contributed by atoms with Crippen molar-refractivity contribution < 1.29 is 14.3 Å². The van der Waals surface area contributed by atoms with E-state index in [4.69, 9.17) is 4.74 Å². The minimum absolute atomic E-state index is 0.263. The van der Waals surface area contributed by atoms with Gasteiger partial charge >= 0.3 is 0 Å². The van der Waals surface area contributed by atoms with Gasteiger partial charge in [0.25, 0.3) is 0 Å². The first-order chi connectivity index (χ1) is 12.6. The van der Waals surface area contributed by atoms with Crippen LogP contribution in [0.3, 0.4) is 0 Å². The number of aromatic nitrogens is 1. The summed E-state index contributed by atoms with van der Waals surface area (Å²) in [7, 11) is 0. The third-order valence-corrected chi connectivity index (χ3v) is 3.54. The molecule has 1 atom stereocenters. The van der Waals surface area contributed by atoms with E-state index in [9.17, 15) is 9.59 Å². The van der Waals surface area contributed by atoms with Crippen LogP contribution < -0.4 is 15.4 Å². The van der Waals surface area contributed by atoms with Crippen LogP contribution in [0.1, 0.15) is 25.0 Å². The third kappa shape index (κ3) is 6.39. The Labute approximate surface area is 153 Å². The number of nitrogens with zero attached hydrogens (tertiary/aromatic N) is 1. The van der Waals surface area contributed by atoms with E-state index in [-0.39, 0.29) is 11.8 Å². The summed E-state index contributed by atoms with van der Waals surface area (Å²) < 4.78 is 5.33. The number of carbonyl (C=O) groups excluding carboxylic acids is 2. The molecule has 2 amide bonds. The van der Waals surface area contributed by atoms with Gasteiger partial charge in [0, 0.05) is 24.9 Å². The summed E-state index contributed by atoms with van der Waals surface area (Å²) in [6.07, 6.45) is 4.74. The molecule has 2 N–H and O–H groups in total. The zero-order chi connectivity index (χ0) is 18.8. The van der Waals surface area contributed by atoms with Crippen molar-refractivity contribution in [2.45, 2.75) is 26.4 Å². The van der Waals surface area contributed by atoms with Crippen molar-refractivity contribution in [1.82, 2.24) is 15.6 Å². The van der Waals surface area contributed by atoms with Gasteiger partial charge in [-0.15, -0.1) is 0 Å². The molecule has 0 bridgehead atoms. The lowest BCUT2D eigenvalue weighted by Crippen LogP contribution is -2.44. The molecule has 0 aliphatic rings. The Kier molecular flexibility index (Phi) is 7.36. The predicted octanol–water partition coefficient (Wildman–Crippen LogP) is 2.31. The molecule has 2 aromatic rings. The molecular formula is C20H23N3O3. The monoisotopic (exact) mass is 353 g/mol. The van der Waals surface area contributed by atoms with Gasteiger partial charge in [-0.3, -0.25) is 9.59 Å². The van der Waals surface area contributed by atoms with Gasteiger partial charge in [0.2, 0.25) is 17.7 Å². The largest absolute Gasteiger partial charge is 0.478 e. The van der Waals surface area contributed by atoms with Gasteiger partial charge in [-0.05, 0) is 37.1 Å². The highest BCUT2D eigenvalue weighted by molar-refractivity contribution is 5.95. The molecule has 6 nitrogen and oxygen atoms in total. The lowest BCUT2D eigenvalue weighted by atomic mass is 10.2. The highest BCUT2D eigenvalue weighted by Gasteiger charge is 2.14. The van der Waals surface area contributed by atoms with Crippen LogP contribution in [-0.4, -0.2) is 29.4 Å². The van der Waals surface area contributed by atoms with E-state index >= 15 is 0 Å². The standard InChI is InChI=1S/C20H23N3O3/c1-3-26-19-13-17(11-12-21-19)14-22-20(25)15(2)23-18(24)10-9-16-7-5-4-6-8-16/h4-13,15H,3,14H2,1-2H3,(H,22,25)(H,23,24)/b10-9+. The van der Waals surface area contributed by atoms with Crippen molar-refractivity contribution in [2.75, 3.05) is 6.61 Å². The molecule has 136 valence electrons. The van der Waals surface area contributed by atoms with E-state index in [2.05, 4.69) is 15.6 Å². The number of hydrogen-bond acceptors (Lipinski definition) is 4. The first-order valence-electron chi connectivity index (χ1n) is 8.47. The third-order valence-electron chi connectivity index (χ3n) is 3.54. The molecule has 1 aromatic heterocycles. The van der Waals surface area contributed by atoms with Gasteiger partial charge in [-0.25, -0.2) is 4.98 Å². The van der Waals surface area contributed by atoms with Crippen LogP contribution in [0.2, 0.25) is 0 Å². The fraction of sp³-hybridized carbons (Fsp3) is 0.250. The van der Waals surface area contributed by atoms with E-state index in [1.165, 1.54) is 6.08 Å². The lowest BCUT2D eigenvalue weighted by Gasteiger charge is -2.13. The number of rotatable bonds is 8. The zero-order valence-electron chi connectivity index (χ0n) is 14.9. The molecule has 26 heavy (non-hydrogen) atoms. The molecular weight excluding hydrogens is 330 g/mol. The molecule has 0 radical (unpaired) electrons. The summed E-state index contributed by atoms with van der Waals surface area (Å²) in [5.41, 5.74) is 1.79. The first kappa shape index (κ1) is 19.2.